The average Bonchev–Trinajstić information content (AvgIpc) is 3.03. The number of carboxylic acid groups (broad SMARTS) is 1. The Kier molecular flexibility index (Phi) is 10.9. The van der Waals surface area contributed by atoms with E-state index in [1.165, 1.54) is 23.1 Å². The third kappa shape index (κ3) is 8.18. The highest BCUT2D eigenvalue weighted by Gasteiger charge is 2.28. The maximum absolute atomic E-state index is 14.7. The van der Waals surface area contributed by atoms with Gasteiger partial charge in [-0.3, -0.25) is 14.9 Å². The number of hydrogen-bond acceptors (Lipinski definition) is 9. The number of carbonyl (C=O) groups excluding carboxylic acids is 2. The van der Waals surface area contributed by atoms with E-state index >= 15 is 0 Å². The van der Waals surface area contributed by atoms with Crippen molar-refractivity contribution in [2.75, 3.05) is 35.8 Å². The number of sulfone groups is 1. The zero-order valence-corrected chi connectivity index (χ0v) is 28.0. The Morgan fingerprint density at radius 1 is 1.15 bits per heavy atom. The van der Waals surface area contributed by atoms with Gasteiger partial charge in [-0.1, -0.05) is 32.0 Å². The fourth-order valence-electron chi connectivity index (χ4n) is 5.44. The molecule has 0 unspecified atom stereocenters. The van der Waals surface area contributed by atoms with Gasteiger partial charge in [-0.05, 0) is 65.6 Å². The van der Waals surface area contributed by atoms with Gasteiger partial charge in [-0.2, -0.15) is 0 Å². The monoisotopic (exact) mass is 679 g/mol. The van der Waals surface area contributed by atoms with Crippen LogP contribution in [0.5, 0.6) is 0 Å². The highest BCUT2D eigenvalue weighted by Crippen LogP contribution is 2.31. The molecule has 0 spiro atoms. The number of carbonyl (C=O) groups is 3. The van der Waals surface area contributed by atoms with Crippen molar-refractivity contribution in [3.05, 3.63) is 88.9 Å². The number of benzene rings is 3. The second kappa shape index (κ2) is 14.7. The first-order valence-electron chi connectivity index (χ1n) is 15.1. The molecule has 5 N–H and O–H groups in total. The average molecular weight is 680 g/mol. The van der Waals surface area contributed by atoms with E-state index in [9.17, 15) is 22.4 Å². The van der Waals surface area contributed by atoms with Crippen LogP contribution in [0, 0.1) is 12.7 Å². The van der Waals surface area contributed by atoms with Crippen LogP contribution < -0.4 is 16.4 Å². The molecule has 12 nitrogen and oxygen atoms in total. The molecule has 0 saturated heterocycles. The van der Waals surface area contributed by atoms with Gasteiger partial charge in [0.2, 0.25) is 5.91 Å². The smallest absolute Gasteiger partial charge is 0.411 e. The lowest BCUT2D eigenvalue weighted by atomic mass is 9.93. The molecule has 0 saturated carbocycles. The lowest BCUT2D eigenvalue weighted by Crippen LogP contribution is -2.35. The van der Waals surface area contributed by atoms with E-state index in [1.54, 1.807) is 32.2 Å². The van der Waals surface area contributed by atoms with Crippen molar-refractivity contribution in [3.63, 3.8) is 0 Å². The maximum atomic E-state index is 14.7. The van der Waals surface area contributed by atoms with Crippen LogP contribution in [0.4, 0.5) is 26.4 Å². The topological polar surface area (TPSA) is 181 Å². The molecule has 1 aromatic heterocycles. The summed E-state index contributed by atoms with van der Waals surface area (Å²) >= 11 is 0. The summed E-state index contributed by atoms with van der Waals surface area (Å²) in [5, 5.41) is 14.1. The molecule has 48 heavy (non-hydrogen) atoms. The Balaban J connectivity index is 0.00000123. The predicted octanol–water partition coefficient (Wildman–Crippen LogP) is 5.63. The molecular weight excluding hydrogens is 641 g/mol. The predicted molar refractivity (Wildman–Crippen MR) is 181 cm³/mol. The second-order valence-corrected chi connectivity index (χ2v) is 13.8. The van der Waals surface area contributed by atoms with Crippen LogP contribution in [0.2, 0.25) is 0 Å². The highest BCUT2D eigenvalue weighted by atomic mass is 32.2. The summed E-state index contributed by atoms with van der Waals surface area (Å²) in [7, 11) is -2.08. The summed E-state index contributed by atoms with van der Waals surface area (Å²) in [5.74, 6) is -1.84. The Morgan fingerprint density at radius 2 is 1.85 bits per heavy atom. The normalized spacial score (nSPS) is 16.8. The zero-order valence-electron chi connectivity index (χ0n) is 27.2. The molecule has 2 aliphatic rings. The molecule has 0 aliphatic carbocycles. The van der Waals surface area contributed by atoms with Crippen LogP contribution in [-0.2, 0) is 30.7 Å². The number of halogens is 1. The third-order valence-corrected chi connectivity index (χ3v) is 9.68. The summed E-state index contributed by atoms with van der Waals surface area (Å²) < 4.78 is 46.1. The molecule has 2 amide bonds. The molecule has 0 radical (unpaired) electrons. The molecule has 254 valence electrons. The quantitative estimate of drug-likeness (QED) is 0.211. The summed E-state index contributed by atoms with van der Waals surface area (Å²) in [6.07, 6.45) is 0.381. The minimum Gasteiger partial charge on any atom is -0.481 e. The summed E-state index contributed by atoms with van der Waals surface area (Å²) in [5.41, 5.74) is 9.57. The van der Waals surface area contributed by atoms with Crippen molar-refractivity contribution in [2.45, 2.75) is 51.1 Å². The number of pyridine rings is 1. The number of rotatable bonds is 4. The SMILES string of the molecule is CC(=O)O.CCS(=O)(=O)c1ccc2cc1CN(C)C(=O)[C@H](Nc1ccc3c(N)ncc(F)c3c1)c1ccc(c(C)c1)[C@@H](C)COC(=O)N2. The van der Waals surface area contributed by atoms with Crippen molar-refractivity contribution in [1.29, 1.82) is 0 Å². The first-order chi connectivity index (χ1) is 22.6. The number of carboxylic acids is 1. The molecular formula is C34H38FN5O7S. The zero-order chi connectivity index (χ0) is 35.3. The molecule has 0 fully saturated rings. The number of ether oxygens (including phenoxy) is 1. The highest BCUT2D eigenvalue weighted by molar-refractivity contribution is 7.91. The minimum absolute atomic E-state index is 0.0641. The number of nitrogen functional groups attached to an aromatic ring is 1. The van der Waals surface area contributed by atoms with Crippen molar-refractivity contribution in [1.82, 2.24) is 9.88 Å². The number of fused-ring (bicyclic) bond motifs is 10. The number of hydrogen-bond donors (Lipinski definition) is 4. The Morgan fingerprint density at radius 3 is 2.52 bits per heavy atom. The van der Waals surface area contributed by atoms with E-state index in [2.05, 4.69) is 15.6 Å². The molecule has 3 heterocycles. The molecule has 4 aromatic rings. The number of nitrogens with one attached hydrogen (secondary N) is 2. The van der Waals surface area contributed by atoms with Gasteiger partial charge < -0.3 is 25.8 Å². The number of aryl methyl sites for hydroxylation is 1. The van der Waals surface area contributed by atoms with E-state index in [0.717, 1.165) is 24.2 Å². The number of aliphatic carboxylic acids is 1. The van der Waals surface area contributed by atoms with E-state index < -0.39 is 33.8 Å². The molecule has 2 atom stereocenters. The maximum Gasteiger partial charge on any atom is 0.411 e. The lowest BCUT2D eigenvalue weighted by molar-refractivity contribution is -0.134. The van der Waals surface area contributed by atoms with Crippen LogP contribution in [0.15, 0.2) is 65.7 Å². The summed E-state index contributed by atoms with van der Waals surface area (Å²) in [6.45, 7) is 6.50. The summed E-state index contributed by atoms with van der Waals surface area (Å²) in [4.78, 5) is 41.2. The molecule has 14 heteroatoms. The molecule has 3 aromatic carbocycles. The number of aromatic nitrogens is 1. The van der Waals surface area contributed by atoms with Gasteiger partial charge in [0.15, 0.2) is 9.84 Å². The number of amides is 2. The van der Waals surface area contributed by atoms with Gasteiger partial charge in [0.05, 0.1) is 23.5 Å². The van der Waals surface area contributed by atoms with Crippen LogP contribution in [-0.4, -0.2) is 60.8 Å². The van der Waals surface area contributed by atoms with Crippen molar-refractivity contribution in [3.8, 4) is 0 Å². The van der Waals surface area contributed by atoms with Gasteiger partial charge in [0, 0.05) is 48.6 Å². The first kappa shape index (κ1) is 35.6. The van der Waals surface area contributed by atoms with Crippen LogP contribution in [0.1, 0.15) is 55.0 Å². The third-order valence-electron chi connectivity index (χ3n) is 7.86. The minimum atomic E-state index is -3.66. The van der Waals surface area contributed by atoms with Crippen molar-refractivity contribution >= 4 is 55.8 Å². The van der Waals surface area contributed by atoms with Crippen molar-refractivity contribution < 1.29 is 37.0 Å². The van der Waals surface area contributed by atoms with E-state index in [-0.39, 0.29) is 46.8 Å². The van der Waals surface area contributed by atoms with Gasteiger partial charge in [-0.25, -0.2) is 22.6 Å². The first-order valence-corrected chi connectivity index (χ1v) is 16.7. The number of nitrogens with zero attached hydrogens (tertiary/aromatic N) is 2. The molecule has 4 bridgehead atoms. The van der Waals surface area contributed by atoms with Gasteiger partial charge >= 0.3 is 6.09 Å². The Bertz CT molecular complexity index is 1980. The van der Waals surface area contributed by atoms with E-state index in [4.69, 9.17) is 20.4 Å². The lowest BCUT2D eigenvalue weighted by Gasteiger charge is -2.28. The number of nitrogens with two attached hydrogens (primary N) is 1. The number of likely N-dealkylation sites (N-methyl/N-ethyl adjacent to an activating group) is 1. The van der Waals surface area contributed by atoms with Gasteiger partial charge in [0.25, 0.3) is 5.97 Å². The largest absolute Gasteiger partial charge is 0.481 e. The standard InChI is InChI=1S/C32H34FN5O5S.C2H4O2/c1-5-44(41,42)28-11-8-22-13-21(28)16-38(4)31(39)29(36-23-7-10-25-26(14-23)27(33)15-35-30(25)34)20-6-9-24(18(2)12-20)19(3)17-43-32(40)37-22;1-2(3)4/h6-15,19,29,36H,5,16-17H2,1-4H3,(H2,34,35)(H,37,40);1H3,(H,3,4)/t19-,29+;/m0./s1. The fourth-order valence-corrected chi connectivity index (χ4v) is 6.55. The van der Waals surface area contributed by atoms with Gasteiger partial charge in [0.1, 0.15) is 17.7 Å². The van der Waals surface area contributed by atoms with E-state index in [0.29, 0.717) is 27.9 Å². The van der Waals surface area contributed by atoms with Crippen molar-refractivity contribution in [2.24, 2.45) is 0 Å². The van der Waals surface area contributed by atoms with Gasteiger partial charge in [-0.15, -0.1) is 0 Å². The summed E-state index contributed by atoms with van der Waals surface area (Å²) in [6, 6.07) is 14.1. The van der Waals surface area contributed by atoms with Crippen LogP contribution in [0.25, 0.3) is 10.8 Å². The van der Waals surface area contributed by atoms with E-state index in [1.807, 2.05) is 32.0 Å². The van der Waals surface area contributed by atoms with Crippen LogP contribution in [0.3, 0.4) is 0 Å². The fraction of sp³-hybridized carbons (Fsp3) is 0.294. The molecule has 6 rings (SSSR count). The second-order valence-electron chi connectivity index (χ2n) is 11.5. The Labute approximate surface area is 278 Å². The molecule has 2 aliphatic heterocycles. The number of anilines is 3. The van der Waals surface area contributed by atoms with Crippen LogP contribution >= 0.6 is 0 Å². The Hall–Kier alpha value is -5.24.